The molecule has 0 aliphatic carbocycles. The highest BCUT2D eigenvalue weighted by atomic mass is 31.2. The minimum absolute atomic E-state index is 0.175. The predicted molar refractivity (Wildman–Crippen MR) is 94.7 cm³/mol. The van der Waals surface area contributed by atoms with Gasteiger partial charge < -0.3 is 19.7 Å². The average molecular weight is 344 g/mol. The van der Waals surface area contributed by atoms with Gasteiger partial charge in [0.25, 0.3) is 5.56 Å². The molecule has 6 nitrogen and oxygen atoms in total. The second-order valence-corrected chi connectivity index (χ2v) is 7.26. The molecular weight excluding hydrogens is 327 g/mol. The van der Waals surface area contributed by atoms with E-state index in [1.165, 1.54) is 6.07 Å². The number of nitrogens with one attached hydrogen (secondary N) is 2. The van der Waals surface area contributed by atoms with Crippen molar-refractivity contribution in [3.8, 4) is 5.75 Å². The van der Waals surface area contributed by atoms with E-state index in [1.807, 2.05) is 31.2 Å². The van der Waals surface area contributed by atoms with Crippen molar-refractivity contribution in [3.63, 3.8) is 0 Å². The number of aryl methyl sites for hydroxylation is 1. The van der Waals surface area contributed by atoms with Gasteiger partial charge in [0.1, 0.15) is 6.29 Å². The van der Waals surface area contributed by atoms with E-state index in [0.29, 0.717) is 11.2 Å². The van der Waals surface area contributed by atoms with Crippen LogP contribution in [-0.2, 0) is 4.57 Å². The first-order valence-electron chi connectivity index (χ1n) is 7.37. The SMILES string of the molecule is Cc1cccc(NCP(=O)(O)Oc2cc3ccccc3[nH]c2=O)c1. The monoisotopic (exact) mass is 344 g/mol. The van der Waals surface area contributed by atoms with E-state index in [4.69, 9.17) is 4.52 Å². The molecule has 3 rings (SSSR count). The van der Waals surface area contributed by atoms with Gasteiger partial charge in [0, 0.05) is 16.6 Å². The van der Waals surface area contributed by atoms with Crippen molar-refractivity contribution in [3.05, 3.63) is 70.5 Å². The van der Waals surface area contributed by atoms with Crippen LogP contribution >= 0.6 is 7.60 Å². The van der Waals surface area contributed by atoms with E-state index in [9.17, 15) is 14.3 Å². The molecule has 0 spiro atoms. The molecule has 2 aromatic carbocycles. The molecule has 7 heteroatoms. The standard InChI is InChI=1S/C17H17N2O4P/c1-12-5-4-7-14(9-12)18-11-24(21,22)23-16-10-13-6-2-3-8-15(13)19-17(16)20/h2-10,18H,11H2,1H3,(H,19,20)(H,21,22). The quantitative estimate of drug-likeness (QED) is 0.617. The molecule has 0 amide bonds. The molecule has 3 N–H and O–H groups in total. The summed E-state index contributed by atoms with van der Waals surface area (Å²) in [6, 6.07) is 16.0. The van der Waals surface area contributed by atoms with Crippen LogP contribution in [0.4, 0.5) is 5.69 Å². The lowest BCUT2D eigenvalue weighted by atomic mass is 10.2. The molecule has 1 aromatic heterocycles. The molecule has 0 saturated carbocycles. The third-order valence-electron chi connectivity index (χ3n) is 3.46. The summed E-state index contributed by atoms with van der Waals surface area (Å²) in [6.45, 7) is 1.93. The number of rotatable bonds is 5. The van der Waals surface area contributed by atoms with E-state index >= 15 is 0 Å². The average Bonchev–Trinajstić information content (AvgIpc) is 2.54. The zero-order chi connectivity index (χ0) is 17.2. The highest BCUT2D eigenvalue weighted by Crippen LogP contribution is 2.41. The van der Waals surface area contributed by atoms with E-state index in [1.54, 1.807) is 24.3 Å². The number of hydrogen-bond acceptors (Lipinski definition) is 4. The largest absolute Gasteiger partial charge is 0.417 e. The number of hydrogen-bond donors (Lipinski definition) is 3. The van der Waals surface area contributed by atoms with Crippen LogP contribution < -0.4 is 15.4 Å². The fourth-order valence-corrected chi connectivity index (χ4v) is 3.22. The van der Waals surface area contributed by atoms with Crippen molar-refractivity contribution in [2.45, 2.75) is 6.92 Å². The van der Waals surface area contributed by atoms with E-state index in [0.717, 1.165) is 10.9 Å². The van der Waals surface area contributed by atoms with Gasteiger partial charge in [0.05, 0.1) is 0 Å². The Morgan fingerprint density at radius 1 is 1.17 bits per heavy atom. The summed E-state index contributed by atoms with van der Waals surface area (Å²) in [7, 11) is -4.03. The lowest BCUT2D eigenvalue weighted by Gasteiger charge is -2.15. The summed E-state index contributed by atoms with van der Waals surface area (Å²) in [5.74, 6) is -0.175. The molecule has 0 aliphatic heterocycles. The Bertz CT molecular complexity index is 983. The summed E-state index contributed by atoms with van der Waals surface area (Å²) in [5.41, 5.74) is 1.83. The molecule has 0 aliphatic rings. The molecule has 1 unspecified atom stereocenters. The Hall–Kier alpha value is -2.56. The minimum atomic E-state index is -4.03. The number of H-pyrrole nitrogens is 1. The fourth-order valence-electron chi connectivity index (χ4n) is 2.33. The lowest BCUT2D eigenvalue weighted by Crippen LogP contribution is -2.13. The van der Waals surface area contributed by atoms with Gasteiger partial charge >= 0.3 is 7.60 Å². The Morgan fingerprint density at radius 3 is 2.75 bits per heavy atom. The van der Waals surface area contributed by atoms with Crippen LogP contribution in [0, 0.1) is 6.92 Å². The number of pyridine rings is 1. The summed E-state index contributed by atoms with van der Waals surface area (Å²) < 4.78 is 17.3. The molecular formula is C17H17N2O4P. The number of aromatic nitrogens is 1. The van der Waals surface area contributed by atoms with Crippen LogP contribution in [-0.4, -0.2) is 16.2 Å². The summed E-state index contributed by atoms with van der Waals surface area (Å²) in [5, 5.41) is 3.57. The number of aromatic amines is 1. The van der Waals surface area contributed by atoms with Gasteiger partial charge in [-0.05, 0) is 36.8 Å². The smallest absolute Gasteiger partial charge is 0.395 e. The number of fused-ring (bicyclic) bond motifs is 1. The second-order valence-electron chi connectivity index (χ2n) is 5.48. The highest BCUT2D eigenvalue weighted by Gasteiger charge is 2.22. The Balaban J connectivity index is 1.77. The van der Waals surface area contributed by atoms with Crippen molar-refractivity contribution in [2.75, 3.05) is 11.6 Å². The zero-order valence-corrected chi connectivity index (χ0v) is 13.9. The Kier molecular flexibility index (Phi) is 4.42. The third kappa shape index (κ3) is 3.85. The van der Waals surface area contributed by atoms with Crippen molar-refractivity contribution >= 4 is 24.2 Å². The predicted octanol–water partition coefficient (Wildman–Crippen LogP) is 3.47. The van der Waals surface area contributed by atoms with E-state index < -0.39 is 13.2 Å². The second kappa shape index (κ2) is 6.51. The van der Waals surface area contributed by atoms with Crippen molar-refractivity contribution in [2.24, 2.45) is 0 Å². The summed E-state index contributed by atoms with van der Waals surface area (Å²) in [4.78, 5) is 24.6. The Morgan fingerprint density at radius 2 is 1.96 bits per heavy atom. The van der Waals surface area contributed by atoms with Crippen LogP contribution in [0.2, 0.25) is 0 Å². The maximum absolute atomic E-state index is 12.2. The molecule has 0 bridgehead atoms. The summed E-state index contributed by atoms with van der Waals surface area (Å²) in [6.07, 6.45) is -0.303. The lowest BCUT2D eigenvalue weighted by molar-refractivity contribution is 0.380. The molecule has 0 radical (unpaired) electrons. The van der Waals surface area contributed by atoms with Crippen LogP contribution in [0.3, 0.4) is 0 Å². The zero-order valence-electron chi connectivity index (χ0n) is 13.0. The van der Waals surface area contributed by atoms with Crippen molar-refractivity contribution < 1.29 is 14.0 Å². The maximum Gasteiger partial charge on any atom is 0.395 e. The summed E-state index contributed by atoms with van der Waals surface area (Å²) >= 11 is 0. The van der Waals surface area contributed by atoms with Gasteiger partial charge in [-0.3, -0.25) is 4.79 Å². The normalized spacial score (nSPS) is 13.4. The minimum Gasteiger partial charge on any atom is -0.417 e. The fraction of sp³-hybridized carbons (Fsp3) is 0.118. The first kappa shape index (κ1) is 16.3. The highest BCUT2D eigenvalue weighted by molar-refractivity contribution is 7.53. The molecule has 124 valence electrons. The van der Waals surface area contributed by atoms with Gasteiger partial charge in [-0.15, -0.1) is 0 Å². The third-order valence-corrected chi connectivity index (χ3v) is 4.50. The first-order chi connectivity index (χ1) is 11.4. The van der Waals surface area contributed by atoms with Gasteiger partial charge in [0.15, 0.2) is 5.75 Å². The van der Waals surface area contributed by atoms with Crippen LogP contribution in [0.15, 0.2) is 59.4 Å². The molecule has 0 saturated heterocycles. The first-order valence-corrected chi connectivity index (χ1v) is 9.13. The number of anilines is 1. The van der Waals surface area contributed by atoms with Crippen LogP contribution in [0.5, 0.6) is 5.75 Å². The molecule has 3 aromatic rings. The van der Waals surface area contributed by atoms with Crippen molar-refractivity contribution in [1.82, 2.24) is 4.98 Å². The van der Waals surface area contributed by atoms with E-state index in [2.05, 4.69) is 10.3 Å². The van der Waals surface area contributed by atoms with Gasteiger partial charge in [-0.1, -0.05) is 30.3 Å². The van der Waals surface area contributed by atoms with E-state index in [-0.39, 0.29) is 12.0 Å². The van der Waals surface area contributed by atoms with Gasteiger partial charge in [0.2, 0.25) is 0 Å². The topological polar surface area (TPSA) is 91.4 Å². The molecule has 0 fully saturated rings. The number of para-hydroxylation sites is 1. The van der Waals surface area contributed by atoms with Gasteiger partial charge in [-0.2, -0.15) is 0 Å². The Labute approximate surface area is 138 Å². The van der Waals surface area contributed by atoms with Crippen molar-refractivity contribution in [1.29, 1.82) is 0 Å². The maximum atomic E-state index is 12.2. The van der Waals surface area contributed by atoms with Crippen LogP contribution in [0.25, 0.3) is 10.9 Å². The molecule has 1 heterocycles. The number of benzene rings is 2. The van der Waals surface area contributed by atoms with Gasteiger partial charge in [-0.25, -0.2) is 4.57 Å². The molecule has 24 heavy (non-hydrogen) atoms. The van der Waals surface area contributed by atoms with Crippen LogP contribution in [0.1, 0.15) is 5.56 Å². The molecule has 1 atom stereocenters.